The van der Waals surface area contributed by atoms with Crippen molar-refractivity contribution in [3.8, 4) is 5.69 Å². The number of piperidine rings is 1. The van der Waals surface area contributed by atoms with E-state index in [0.717, 1.165) is 29.5 Å². The zero-order valence-corrected chi connectivity index (χ0v) is 16.8. The molecule has 4 rings (SSSR count). The number of benzene rings is 1. The van der Waals surface area contributed by atoms with Gasteiger partial charge in [0.05, 0.1) is 5.69 Å². The summed E-state index contributed by atoms with van der Waals surface area (Å²) in [5.74, 6) is 0. The number of fused-ring (bicyclic) bond motifs is 1. The lowest BCUT2D eigenvalue weighted by atomic mass is 10.1. The molecule has 1 aromatic carbocycles. The van der Waals surface area contributed by atoms with Crippen molar-refractivity contribution in [2.45, 2.75) is 47.0 Å². The summed E-state index contributed by atoms with van der Waals surface area (Å²) in [5, 5.41) is 2.07. The van der Waals surface area contributed by atoms with Crippen LogP contribution >= 0.6 is 11.6 Å². The van der Waals surface area contributed by atoms with Gasteiger partial charge in [-0.3, -0.25) is 0 Å². The maximum atomic E-state index is 6.25. The molecular formula is C22H26ClN3. The minimum atomic E-state index is 0.787. The van der Waals surface area contributed by atoms with E-state index < -0.39 is 0 Å². The fourth-order valence-corrected chi connectivity index (χ4v) is 4.68. The van der Waals surface area contributed by atoms with Gasteiger partial charge in [-0.2, -0.15) is 0 Å². The standard InChI is InChI=1S/C22H26ClN3/c1-14-10-18(23)11-15(2)21(14)26-13-16(3)20-19(12-17(4)24-22(20)26)25-8-6-5-7-9-25/h10-13H,5-9H2,1-4H3. The molecule has 1 aliphatic heterocycles. The van der Waals surface area contributed by atoms with Crippen molar-refractivity contribution in [1.29, 1.82) is 0 Å². The van der Waals surface area contributed by atoms with E-state index in [-0.39, 0.29) is 0 Å². The zero-order valence-electron chi connectivity index (χ0n) is 16.1. The Labute approximate surface area is 160 Å². The van der Waals surface area contributed by atoms with Gasteiger partial charge in [0, 0.05) is 41.1 Å². The second kappa shape index (κ2) is 6.62. The highest BCUT2D eigenvalue weighted by Gasteiger charge is 2.20. The van der Waals surface area contributed by atoms with Crippen LogP contribution in [-0.4, -0.2) is 22.6 Å². The molecule has 136 valence electrons. The lowest BCUT2D eigenvalue weighted by Crippen LogP contribution is -2.29. The fourth-order valence-electron chi connectivity index (χ4n) is 4.35. The van der Waals surface area contributed by atoms with Crippen LogP contribution in [0.3, 0.4) is 0 Å². The average molecular weight is 368 g/mol. The van der Waals surface area contributed by atoms with Gasteiger partial charge in [-0.25, -0.2) is 4.98 Å². The summed E-state index contributed by atoms with van der Waals surface area (Å²) in [6, 6.07) is 6.32. The smallest absolute Gasteiger partial charge is 0.147 e. The van der Waals surface area contributed by atoms with Crippen LogP contribution in [0, 0.1) is 27.7 Å². The Kier molecular flexibility index (Phi) is 4.44. The molecule has 0 radical (unpaired) electrons. The summed E-state index contributed by atoms with van der Waals surface area (Å²) in [4.78, 5) is 7.48. The molecule has 4 heteroatoms. The molecular weight excluding hydrogens is 342 g/mol. The van der Waals surface area contributed by atoms with E-state index in [1.54, 1.807) is 0 Å². The predicted molar refractivity (Wildman–Crippen MR) is 111 cm³/mol. The van der Waals surface area contributed by atoms with E-state index in [9.17, 15) is 0 Å². The Balaban J connectivity index is 1.98. The van der Waals surface area contributed by atoms with E-state index in [1.807, 2.05) is 12.1 Å². The lowest BCUT2D eigenvalue weighted by Gasteiger charge is -2.30. The van der Waals surface area contributed by atoms with Gasteiger partial charge < -0.3 is 9.47 Å². The first-order valence-electron chi connectivity index (χ1n) is 9.47. The quantitative estimate of drug-likeness (QED) is 0.562. The molecule has 1 fully saturated rings. The number of aromatic nitrogens is 2. The van der Waals surface area contributed by atoms with E-state index in [2.05, 4.69) is 49.4 Å². The summed E-state index contributed by atoms with van der Waals surface area (Å²) in [6.07, 6.45) is 6.12. The summed E-state index contributed by atoms with van der Waals surface area (Å²) in [5.41, 5.74) is 8.28. The van der Waals surface area contributed by atoms with E-state index in [0.29, 0.717) is 0 Å². The summed E-state index contributed by atoms with van der Waals surface area (Å²) in [7, 11) is 0. The summed E-state index contributed by atoms with van der Waals surface area (Å²) in [6.45, 7) is 10.8. The van der Waals surface area contributed by atoms with E-state index >= 15 is 0 Å². The molecule has 0 saturated carbocycles. The molecule has 1 aliphatic rings. The van der Waals surface area contributed by atoms with Crippen LogP contribution in [0.2, 0.25) is 5.02 Å². The van der Waals surface area contributed by atoms with E-state index in [4.69, 9.17) is 16.6 Å². The maximum absolute atomic E-state index is 6.25. The molecule has 0 spiro atoms. The molecule has 3 aromatic rings. The predicted octanol–water partition coefficient (Wildman–Crippen LogP) is 5.90. The third-order valence-corrected chi connectivity index (χ3v) is 5.66. The van der Waals surface area contributed by atoms with Crippen LogP contribution in [0.25, 0.3) is 16.7 Å². The third kappa shape index (κ3) is 2.88. The number of hydrogen-bond donors (Lipinski definition) is 0. The number of hydrogen-bond acceptors (Lipinski definition) is 2. The van der Waals surface area contributed by atoms with Crippen molar-refractivity contribution >= 4 is 28.3 Å². The van der Waals surface area contributed by atoms with Gasteiger partial charge in [0.15, 0.2) is 0 Å². The highest BCUT2D eigenvalue weighted by Crippen LogP contribution is 2.35. The molecule has 2 aromatic heterocycles. The second-order valence-electron chi connectivity index (χ2n) is 7.60. The first-order chi connectivity index (χ1) is 12.5. The van der Waals surface area contributed by atoms with Gasteiger partial charge in [-0.1, -0.05) is 11.6 Å². The lowest BCUT2D eigenvalue weighted by molar-refractivity contribution is 0.579. The Morgan fingerprint density at radius 1 is 0.885 bits per heavy atom. The minimum Gasteiger partial charge on any atom is -0.371 e. The van der Waals surface area contributed by atoms with Crippen molar-refractivity contribution < 1.29 is 0 Å². The molecule has 0 amide bonds. The van der Waals surface area contributed by atoms with Crippen LogP contribution in [0.15, 0.2) is 24.4 Å². The van der Waals surface area contributed by atoms with Gasteiger partial charge in [-0.05, 0) is 81.8 Å². The van der Waals surface area contributed by atoms with Gasteiger partial charge in [0.1, 0.15) is 5.65 Å². The monoisotopic (exact) mass is 367 g/mol. The molecule has 26 heavy (non-hydrogen) atoms. The van der Waals surface area contributed by atoms with Crippen molar-refractivity contribution in [2.75, 3.05) is 18.0 Å². The SMILES string of the molecule is Cc1cc(N2CCCCC2)c2c(C)cn(-c3c(C)cc(Cl)cc3C)c2n1. The van der Waals surface area contributed by atoms with Crippen LogP contribution < -0.4 is 4.90 Å². The number of aryl methyl sites for hydroxylation is 4. The molecule has 3 nitrogen and oxygen atoms in total. The van der Waals surface area contributed by atoms with Crippen LogP contribution in [0.5, 0.6) is 0 Å². The van der Waals surface area contributed by atoms with Crippen LogP contribution in [-0.2, 0) is 0 Å². The minimum absolute atomic E-state index is 0.787. The van der Waals surface area contributed by atoms with E-state index in [1.165, 1.54) is 52.7 Å². The Hall–Kier alpha value is -2.00. The highest BCUT2D eigenvalue weighted by molar-refractivity contribution is 6.30. The number of rotatable bonds is 2. The Morgan fingerprint density at radius 3 is 2.19 bits per heavy atom. The molecule has 1 saturated heterocycles. The first kappa shape index (κ1) is 17.4. The number of pyridine rings is 1. The molecule has 0 aliphatic carbocycles. The zero-order chi connectivity index (χ0) is 18.4. The second-order valence-corrected chi connectivity index (χ2v) is 8.04. The number of anilines is 1. The summed E-state index contributed by atoms with van der Waals surface area (Å²) < 4.78 is 2.26. The Bertz CT molecular complexity index is 958. The highest BCUT2D eigenvalue weighted by atomic mass is 35.5. The summed E-state index contributed by atoms with van der Waals surface area (Å²) >= 11 is 6.25. The van der Waals surface area contributed by atoms with Crippen molar-refractivity contribution in [1.82, 2.24) is 9.55 Å². The average Bonchev–Trinajstić information content (AvgIpc) is 2.90. The van der Waals surface area contributed by atoms with Crippen molar-refractivity contribution in [3.63, 3.8) is 0 Å². The molecule has 0 atom stereocenters. The van der Waals surface area contributed by atoms with Crippen molar-refractivity contribution in [2.24, 2.45) is 0 Å². The third-order valence-electron chi connectivity index (χ3n) is 5.45. The maximum Gasteiger partial charge on any atom is 0.147 e. The molecule has 3 heterocycles. The first-order valence-corrected chi connectivity index (χ1v) is 9.85. The number of nitrogens with zero attached hydrogens (tertiary/aromatic N) is 3. The van der Waals surface area contributed by atoms with Gasteiger partial charge in [0.25, 0.3) is 0 Å². The normalized spacial score (nSPS) is 15.0. The van der Waals surface area contributed by atoms with Gasteiger partial charge in [-0.15, -0.1) is 0 Å². The molecule has 0 bridgehead atoms. The van der Waals surface area contributed by atoms with Gasteiger partial charge in [0.2, 0.25) is 0 Å². The fraction of sp³-hybridized carbons (Fsp3) is 0.409. The van der Waals surface area contributed by atoms with Crippen LogP contribution in [0.1, 0.15) is 41.6 Å². The largest absolute Gasteiger partial charge is 0.371 e. The molecule has 0 N–H and O–H groups in total. The topological polar surface area (TPSA) is 21.1 Å². The van der Waals surface area contributed by atoms with Crippen LogP contribution in [0.4, 0.5) is 5.69 Å². The molecule has 0 unspecified atom stereocenters. The van der Waals surface area contributed by atoms with Crippen molar-refractivity contribution in [3.05, 3.63) is 51.8 Å². The number of halogens is 1. The van der Waals surface area contributed by atoms with Gasteiger partial charge >= 0.3 is 0 Å². The Morgan fingerprint density at radius 2 is 1.54 bits per heavy atom.